The van der Waals surface area contributed by atoms with Gasteiger partial charge in [0.2, 0.25) is 0 Å². The number of aromatic nitrogens is 5. The Balaban J connectivity index is 1.83. The van der Waals surface area contributed by atoms with Crippen molar-refractivity contribution in [1.82, 2.24) is 29.5 Å². The van der Waals surface area contributed by atoms with Crippen LogP contribution in [0.15, 0.2) is 61.2 Å². The number of nitrogens with zero attached hydrogens (tertiary/aromatic N) is 5. The zero-order valence-electron chi connectivity index (χ0n) is 15.2. The van der Waals surface area contributed by atoms with E-state index in [-0.39, 0.29) is 5.91 Å². The van der Waals surface area contributed by atoms with E-state index in [0.29, 0.717) is 29.5 Å². The van der Waals surface area contributed by atoms with E-state index in [1.807, 2.05) is 45.5 Å². The number of imidazole rings is 1. The van der Waals surface area contributed by atoms with E-state index < -0.39 is 0 Å². The summed E-state index contributed by atoms with van der Waals surface area (Å²) in [7, 11) is 0. The lowest BCUT2D eigenvalue weighted by atomic mass is 10.2. The third-order valence-corrected chi connectivity index (χ3v) is 4.21. The van der Waals surface area contributed by atoms with Crippen molar-refractivity contribution in [1.29, 1.82) is 0 Å². The average Bonchev–Trinajstić information content (AvgIpc) is 3.31. The first kappa shape index (κ1) is 17.0. The molecule has 1 amide bonds. The summed E-state index contributed by atoms with van der Waals surface area (Å²) in [6.45, 7) is 4.70. The summed E-state index contributed by atoms with van der Waals surface area (Å²) in [6.07, 6.45) is 6.86. The van der Waals surface area contributed by atoms with Crippen molar-refractivity contribution < 1.29 is 4.79 Å². The molecule has 7 heteroatoms. The van der Waals surface area contributed by atoms with Crippen molar-refractivity contribution in [2.24, 2.45) is 5.92 Å². The second-order valence-corrected chi connectivity index (χ2v) is 6.68. The minimum atomic E-state index is -0.203. The normalized spacial score (nSPS) is 11.2. The lowest BCUT2D eigenvalue weighted by Crippen LogP contribution is -2.27. The molecule has 0 saturated carbocycles. The summed E-state index contributed by atoms with van der Waals surface area (Å²) in [5.41, 5.74) is 2.74. The maximum atomic E-state index is 12.7. The number of fused-ring (bicyclic) bond motifs is 1. The van der Waals surface area contributed by atoms with Crippen LogP contribution in [0.3, 0.4) is 0 Å². The smallest absolute Gasteiger partial charge is 0.272 e. The van der Waals surface area contributed by atoms with Gasteiger partial charge >= 0.3 is 0 Å². The molecule has 0 unspecified atom stereocenters. The number of carbonyl (C=O) groups is 1. The quantitative estimate of drug-likeness (QED) is 0.594. The van der Waals surface area contributed by atoms with Crippen molar-refractivity contribution in [3.63, 3.8) is 0 Å². The third kappa shape index (κ3) is 3.19. The van der Waals surface area contributed by atoms with E-state index in [1.54, 1.807) is 24.8 Å². The molecule has 7 nitrogen and oxygen atoms in total. The minimum absolute atomic E-state index is 0.203. The molecule has 1 N–H and O–H groups in total. The van der Waals surface area contributed by atoms with Crippen LogP contribution in [0.5, 0.6) is 0 Å². The van der Waals surface area contributed by atoms with E-state index in [1.165, 1.54) is 0 Å². The molecule has 1 aromatic carbocycles. The first-order valence-corrected chi connectivity index (χ1v) is 8.85. The summed E-state index contributed by atoms with van der Waals surface area (Å²) in [5.74, 6) is 0.801. The fraction of sp³-hybridized carbons (Fsp3) is 0.200. The van der Waals surface area contributed by atoms with Crippen LogP contribution in [0.4, 0.5) is 0 Å². The summed E-state index contributed by atoms with van der Waals surface area (Å²) < 4.78 is 3.68. The van der Waals surface area contributed by atoms with Crippen LogP contribution in [0, 0.1) is 5.92 Å². The Hall–Kier alpha value is -3.48. The molecule has 0 radical (unpaired) electrons. The lowest BCUT2D eigenvalue weighted by molar-refractivity contribution is 0.0946. The van der Waals surface area contributed by atoms with E-state index >= 15 is 0 Å². The average molecular weight is 360 g/mol. The molecule has 3 heterocycles. The zero-order valence-corrected chi connectivity index (χ0v) is 15.2. The fourth-order valence-electron chi connectivity index (χ4n) is 2.91. The maximum Gasteiger partial charge on any atom is 0.272 e. The number of hydrogen-bond donors (Lipinski definition) is 1. The predicted octanol–water partition coefficient (Wildman–Crippen LogP) is 2.97. The van der Waals surface area contributed by atoms with Crippen LogP contribution < -0.4 is 5.32 Å². The van der Waals surface area contributed by atoms with Gasteiger partial charge in [-0.1, -0.05) is 32.0 Å². The third-order valence-electron chi connectivity index (χ3n) is 4.21. The number of amides is 1. The zero-order chi connectivity index (χ0) is 18.8. The van der Waals surface area contributed by atoms with Crippen molar-refractivity contribution in [3.05, 3.63) is 66.9 Å². The van der Waals surface area contributed by atoms with E-state index in [0.717, 1.165) is 11.4 Å². The fourth-order valence-corrected chi connectivity index (χ4v) is 2.91. The molecule has 4 rings (SSSR count). The van der Waals surface area contributed by atoms with Crippen LogP contribution in [0.2, 0.25) is 0 Å². The maximum absolute atomic E-state index is 12.7. The molecule has 0 spiro atoms. The molecule has 3 aromatic heterocycles. The SMILES string of the molecule is CC(C)CNC(=O)c1nc(-c2ccnn2-c2ccccc2)n2ccncc12. The standard InChI is InChI=1S/C20H20N6O/c1-14(2)12-22-20(27)18-17-13-21-10-11-25(17)19(24-18)16-8-9-23-26(16)15-6-4-3-5-7-15/h3-11,13-14H,12H2,1-2H3,(H,22,27). The van der Waals surface area contributed by atoms with Gasteiger partial charge in [-0.2, -0.15) is 5.10 Å². The van der Waals surface area contributed by atoms with Crippen molar-refractivity contribution in [2.45, 2.75) is 13.8 Å². The number of para-hydroxylation sites is 1. The molecule has 0 aliphatic heterocycles. The Morgan fingerprint density at radius 3 is 2.74 bits per heavy atom. The molecule has 27 heavy (non-hydrogen) atoms. The molecular weight excluding hydrogens is 340 g/mol. The summed E-state index contributed by atoms with van der Waals surface area (Å²) in [6, 6.07) is 11.7. The van der Waals surface area contributed by atoms with Gasteiger partial charge in [0.25, 0.3) is 5.91 Å². The van der Waals surface area contributed by atoms with Gasteiger partial charge in [0.1, 0.15) is 5.69 Å². The van der Waals surface area contributed by atoms with Gasteiger partial charge in [-0.3, -0.25) is 14.2 Å². The first-order chi connectivity index (χ1) is 13.1. The Labute approximate surface area is 156 Å². The number of benzene rings is 1. The number of hydrogen-bond acceptors (Lipinski definition) is 4. The highest BCUT2D eigenvalue weighted by Crippen LogP contribution is 2.24. The number of nitrogens with one attached hydrogen (secondary N) is 1. The minimum Gasteiger partial charge on any atom is -0.350 e. The Bertz CT molecular complexity index is 1080. The van der Waals surface area contributed by atoms with Crippen LogP contribution in [0.25, 0.3) is 22.7 Å². The van der Waals surface area contributed by atoms with Gasteiger partial charge in [0.15, 0.2) is 11.5 Å². The van der Waals surface area contributed by atoms with Gasteiger partial charge in [-0.25, -0.2) is 9.67 Å². The van der Waals surface area contributed by atoms with Gasteiger partial charge < -0.3 is 5.32 Å². The summed E-state index contributed by atoms with van der Waals surface area (Å²) in [4.78, 5) is 21.5. The second-order valence-electron chi connectivity index (χ2n) is 6.68. The largest absolute Gasteiger partial charge is 0.350 e. The van der Waals surface area contributed by atoms with Crippen molar-refractivity contribution in [2.75, 3.05) is 6.54 Å². The summed E-state index contributed by atoms with van der Waals surface area (Å²) in [5, 5.41) is 7.36. The van der Waals surface area contributed by atoms with Gasteiger partial charge in [-0.05, 0) is 24.1 Å². The Morgan fingerprint density at radius 1 is 1.15 bits per heavy atom. The van der Waals surface area contributed by atoms with Gasteiger partial charge in [0.05, 0.1) is 23.6 Å². The molecule has 0 saturated heterocycles. The van der Waals surface area contributed by atoms with E-state index in [4.69, 9.17) is 0 Å². The molecule has 0 bridgehead atoms. The van der Waals surface area contributed by atoms with Gasteiger partial charge in [-0.15, -0.1) is 0 Å². The van der Waals surface area contributed by atoms with E-state index in [2.05, 4.69) is 34.2 Å². The molecule has 0 aliphatic rings. The molecule has 136 valence electrons. The monoisotopic (exact) mass is 360 g/mol. The summed E-state index contributed by atoms with van der Waals surface area (Å²) >= 11 is 0. The van der Waals surface area contributed by atoms with Crippen LogP contribution in [0.1, 0.15) is 24.3 Å². The highest BCUT2D eigenvalue weighted by molar-refractivity contribution is 5.99. The van der Waals surface area contributed by atoms with Crippen LogP contribution in [-0.4, -0.2) is 36.6 Å². The van der Waals surface area contributed by atoms with Gasteiger partial charge in [0, 0.05) is 18.9 Å². The predicted molar refractivity (Wildman–Crippen MR) is 103 cm³/mol. The van der Waals surface area contributed by atoms with E-state index in [9.17, 15) is 4.79 Å². The van der Waals surface area contributed by atoms with Crippen LogP contribution in [-0.2, 0) is 0 Å². The Morgan fingerprint density at radius 2 is 1.96 bits per heavy atom. The van der Waals surface area contributed by atoms with Crippen molar-refractivity contribution in [3.8, 4) is 17.2 Å². The molecule has 0 fully saturated rings. The second kappa shape index (κ2) is 7.03. The highest BCUT2D eigenvalue weighted by atomic mass is 16.1. The lowest BCUT2D eigenvalue weighted by Gasteiger charge is -2.06. The topological polar surface area (TPSA) is 77.1 Å². The molecule has 4 aromatic rings. The van der Waals surface area contributed by atoms with Crippen molar-refractivity contribution >= 4 is 11.4 Å². The molecular formula is C20H20N6O. The molecule has 0 atom stereocenters. The number of rotatable bonds is 5. The Kier molecular flexibility index (Phi) is 4.42. The highest BCUT2D eigenvalue weighted by Gasteiger charge is 2.21. The molecule has 0 aliphatic carbocycles. The first-order valence-electron chi connectivity index (χ1n) is 8.85. The van der Waals surface area contributed by atoms with Crippen LogP contribution >= 0.6 is 0 Å². The number of carbonyl (C=O) groups excluding carboxylic acids is 1.